The number of halogens is 1. The van der Waals surface area contributed by atoms with Crippen molar-refractivity contribution in [3.05, 3.63) is 41.0 Å². The van der Waals surface area contributed by atoms with Crippen molar-refractivity contribution in [3.63, 3.8) is 0 Å². The molecule has 0 fully saturated rings. The van der Waals surface area contributed by atoms with Gasteiger partial charge in [-0.05, 0) is 31.2 Å². The number of hydrogen-bond donors (Lipinski definition) is 1. The Morgan fingerprint density at radius 2 is 1.84 bits per heavy atom. The molecular weight excluding hydrogens is 258 g/mol. The zero-order valence-corrected chi connectivity index (χ0v) is 12.6. The maximum atomic E-state index is 5.93. The van der Waals surface area contributed by atoms with Gasteiger partial charge in [-0.1, -0.05) is 32.4 Å². The second-order valence-corrected chi connectivity index (χ2v) is 6.02. The van der Waals surface area contributed by atoms with E-state index < -0.39 is 0 Å². The monoisotopic (exact) mass is 277 g/mol. The van der Waals surface area contributed by atoms with Crippen LogP contribution in [0.15, 0.2) is 30.3 Å². The van der Waals surface area contributed by atoms with E-state index in [0.29, 0.717) is 0 Å². The van der Waals surface area contributed by atoms with Crippen LogP contribution < -0.4 is 5.32 Å². The standard InChI is InChI=1S/C15H20ClN3/c1-5-17-14-10-13(15(2,3)4)18-19(14)12-8-6-11(16)7-9-12/h6-10,17H,5H2,1-4H3. The second kappa shape index (κ2) is 5.25. The van der Waals surface area contributed by atoms with E-state index in [1.165, 1.54) is 0 Å². The van der Waals surface area contributed by atoms with E-state index in [4.69, 9.17) is 16.7 Å². The van der Waals surface area contributed by atoms with Gasteiger partial charge in [-0.15, -0.1) is 0 Å². The van der Waals surface area contributed by atoms with Crippen LogP contribution in [-0.2, 0) is 5.41 Å². The molecule has 0 saturated carbocycles. The molecule has 0 bridgehead atoms. The molecule has 1 aromatic carbocycles. The molecular formula is C15H20ClN3. The summed E-state index contributed by atoms with van der Waals surface area (Å²) in [6.45, 7) is 9.44. The fourth-order valence-electron chi connectivity index (χ4n) is 1.83. The minimum atomic E-state index is 0.0296. The zero-order chi connectivity index (χ0) is 14.0. The lowest BCUT2D eigenvalue weighted by Gasteiger charge is -2.14. The van der Waals surface area contributed by atoms with Crippen molar-refractivity contribution < 1.29 is 0 Å². The van der Waals surface area contributed by atoms with Crippen molar-refractivity contribution in [2.24, 2.45) is 0 Å². The summed E-state index contributed by atoms with van der Waals surface area (Å²) in [6.07, 6.45) is 0. The van der Waals surface area contributed by atoms with E-state index in [0.717, 1.165) is 28.8 Å². The van der Waals surface area contributed by atoms with Crippen molar-refractivity contribution in [3.8, 4) is 5.69 Å². The van der Waals surface area contributed by atoms with Crippen molar-refractivity contribution in [1.82, 2.24) is 9.78 Å². The first-order valence-corrected chi connectivity index (χ1v) is 6.90. The predicted molar refractivity (Wildman–Crippen MR) is 81.4 cm³/mol. The van der Waals surface area contributed by atoms with E-state index in [1.54, 1.807) is 0 Å². The van der Waals surface area contributed by atoms with E-state index in [-0.39, 0.29) is 5.41 Å². The molecule has 0 amide bonds. The number of rotatable bonds is 3. The molecule has 0 unspecified atom stereocenters. The molecule has 2 aromatic rings. The molecule has 0 aliphatic heterocycles. The Morgan fingerprint density at radius 3 is 2.37 bits per heavy atom. The lowest BCUT2D eigenvalue weighted by atomic mass is 9.92. The molecule has 19 heavy (non-hydrogen) atoms. The molecule has 3 nitrogen and oxygen atoms in total. The largest absolute Gasteiger partial charge is 0.370 e. The van der Waals surface area contributed by atoms with Crippen LogP contribution in [-0.4, -0.2) is 16.3 Å². The number of benzene rings is 1. The van der Waals surface area contributed by atoms with Crippen molar-refractivity contribution in [2.75, 3.05) is 11.9 Å². The molecule has 0 spiro atoms. The first-order valence-electron chi connectivity index (χ1n) is 6.52. The quantitative estimate of drug-likeness (QED) is 0.909. The first-order chi connectivity index (χ1) is 8.91. The van der Waals surface area contributed by atoms with Gasteiger partial charge in [0.1, 0.15) is 5.82 Å². The summed E-state index contributed by atoms with van der Waals surface area (Å²) >= 11 is 5.93. The van der Waals surface area contributed by atoms with Gasteiger partial charge in [-0.3, -0.25) is 0 Å². The highest BCUT2D eigenvalue weighted by atomic mass is 35.5. The topological polar surface area (TPSA) is 29.9 Å². The fourth-order valence-corrected chi connectivity index (χ4v) is 1.96. The summed E-state index contributed by atoms with van der Waals surface area (Å²) in [6, 6.07) is 9.82. The van der Waals surface area contributed by atoms with Crippen molar-refractivity contribution in [2.45, 2.75) is 33.1 Å². The first kappa shape index (κ1) is 13.9. The van der Waals surface area contributed by atoms with Gasteiger partial charge in [0.25, 0.3) is 0 Å². The Bertz CT molecular complexity index is 550. The van der Waals surface area contributed by atoms with Crippen molar-refractivity contribution >= 4 is 17.4 Å². The third-order valence-electron chi connectivity index (χ3n) is 2.91. The molecule has 4 heteroatoms. The predicted octanol–water partition coefficient (Wildman–Crippen LogP) is 4.26. The van der Waals surface area contributed by atoms with Gasteiger partial charge in [-0.25, -0.2) is 4.68 Å². The normalized spacial score (nSPS) is 11.6. The van der Waals surface area contributed by atoms with Crippen LogP contribution in [0.5, 0.6) is 0 Å². The number of nitrogens with one attached hydrogen (secondary N) is 1. The van der Waals surface area contributed by atoms with E-state index in [2.05, 4.69) is 39.1 Å². The summed E-state index contributed by atoms with van der Waals surface area (Å²) in [5.74, 6) is 1.01. The number of hydrogen-bond acceptors (Lipinski definition) is 2. The molecule has 1 aromatic heterocycles. The van der Waals surface area contributed by atoms with Crippen LogP contribution in [0.25, 0.3) is 5.69 Å². The lowest BCUT2D eigenvalue weighted by Crippen LogP contribution is -2.12. The smallest absolute Gasteiger partial charge is 0.130 e. The van der Waals surface area contributed by atoms with Crippen molar-refractivity contribution in [1.29, 1.82) is 0 Å². The summed E-state index contributed by atoms with van der Waals surface area (Å²) < 4.78 is 1.93. The van der Waals surface area contributed by atoms with Gasteiger partial charge in [0.05, 0.1) is 11.4 Å². The number of aromatic nitrogens is 2. The maximum Gasteiger partial charge on any atom is 0.130 e. The van der Waals surface area contributed by atoms with E-state index in [9.17, 15) is 0 Å². The molecule has 0 radical (unpaired) electrons. The highest BCUT2D eigenvalue weighted by Crippen LogP contribution is 2.26. The van der Waals surface area contributed by atoms with Crippen LogP contribution in [0.3, 0.4) is 0 Å². The summed E-state index contributed by atoms with van der Waals surface area (Å²) in [7, 11) is 0. The Hall–Kier alpha value is -1.48. The van der Waals surface area contributed by atoms with Gasteiger partial charge in [0.15, 0.2) is 0 Å². The number of anilines is 1. The van der Waals surface area contributed by atoms with Gasteiger partial charge in [0, 0.05) is 23.0 Å². The molecule has 0 atom stereocenters. The van der Waals surface area contributed by atoms with Crippen LogP contribution in [0, 0.1) is 0 Å². The van der Waals surface area contributed by atoms with Crippen LogP contribution >= 0.6 is 11.6 Å². The van der Waals surface area contributed by atoms with Gasteiger partial charge >= 0.3 is 0 Å². The Balaban J connectivity index is 2.48. The Morgan fingerprint density at radius 1 is 1.21 bits per heavy atom. The Kier molecular flexibility index (Phi) is 3.85. The molecule has 0 aliphatic rings. The van der Waals surface area contributed by atoms with Gasteiger partial charge in [0.2, 0.25) is 0 Å². The average Bonchev–Trinajstić information content (AvgIpc) is 2.74. The highest BCUT2D eigenvalue weighted by Gasteiger charge is 2.20. The molecule has 0 aliphatic carbocycles. The molecule has 0 saturated heterocycles. The average molecular weight is 278 g/mol. The molecule has 1 N–H and O–H groups in total. The van der Waals surface area contributed by atoms with Gasteiger partial charge in [-0.2, -0.15) is 5.10 Å². The second-order valence-electron chi connectivity index (χ2n) is 5.58. The fraction of sp³-hybridized carbons (Fsp3) is 0.400. The highest BCUT2D eigenvalue weighted by molar-refractivity contribution is 6.30. The maximum absolute atomic E-state index is 5.93. The molecule has 2 rings (SSSR count). The Labute approximate surface area is 119 Å². The van der Waals surface area contributed by atoms with E-state index >= 15 is 0 Å². The summed E-state index contributed by atoms with van der Waals surface area (Å²) in [5.41, 5.74) is 2.11. The lowest BCUT2D eigenvalue weighted by molar-refractivity contribution is 0.560. The van der Waals surface area contributed by atoms with Crippen LogP contribution in [0.4, 0.5) is 5.82 Å². The SMILES string of the molecule is CCNc1cc(C(C)(C)C)nn1-c1ccc(Cl)cc1. The molecule has 102 valence electrons. The van der Waals surface area contributed by atoms with Crippen LogP contribution in [0.1, 0.15) is 33.4 Å². The summed E-state index contributed by atoms with van der Waals surface area (Å²) in [5, 5.41) is 8.79. The zero-order valence-electron chi connectivity index (χ0n) is 11.9. The third kappa shape index (κ3) is 3.10. The van der Waals surface area contributed by atoms with Gasteiger partial charge < -0.3 is 5.32 Å². The minimum Gasteiger partial charge on any atom is -0.370 e. The van der Waals surface area contributed by atoms with E-state index in [1.807, 2.05) is 28.9 Å². The van der Waals surface area contributed by atoms with Crippen LogP contribution in [0.2, 0.25) is 5.02 Å². The minimum absolute atomic E-state index is 0.0296. The molecule has 1 heterocycles. The number of nitrogens with zero attached hydrogens (tertiary/aromatic N) is 2. The third-order valence-corrected chi connectivity index (χ3v) is 3.16. The summed E-state index contributed by atoms with van der Waals surface area (Å²) in [4.78, 5) is 0.